The maximum Gasteiger partial charge on any atom is 0.257 e. The minimum Gasteiger partial charge on any atom is -0.344 e. The molecule has 1 aromatic heterocycles. The molecule has 24 heavy (non-hydrogen) atoms. The first kappa shape index (κ1) is 18.6. The molecule has 1 saturated heterocycles. The van der Waals surface area contributed by atoms with Gasteiger partial charge in [-0.1, -0.05) is 13.3 Å². The van der Waals surface area contributed by atoms with Crippen LogP contribution in [0.5, 0.6) is 0 Å². The lowest BCUT2D eigenvalue weighted by Crippen LogP contribution is -2.41. The van der Waals surface area contributed by atoms with Crippen LogP contribution in [-0.2, 0) is 9.84 Å². The van der Waals surface area contributed by atoms with Crippen molar-refractivity contribution in [2.24, 2.45) is 0 Å². The molecule has 0 aliphatic carbocycles. The number of aromatic nitrogens is 2. The third kappa shape index (κ3) is 4.43. The lowest BCUT2D eigenvalue weighted by atomic mass is 10.2. The van der Waals surface area contributed by atoms with Crippen molar-refractivity contribution in [2.75, 3.05) is 36.5 Å². The zero-order chi connectivity index (χ0) is 17.7. The molecule has 7 nitrogen and oxygen atoms in total. The first-order chi connectivity index (χ1) is 11.4. The highest BCUT2D eigenvalue weighted by atomic mass is 32.2. The van der Waals surface area contributed by atoms with Crippen molar-refractivity contribution in [2.45, 2.75) is 39.2 Å². The van der Waals surface area contributed by atoms with Crippen LogP contribution in [0, 0.1) is 0 Å². The third-order valence-corrected chi connectivity index (χ3v) is 6.07. The molecule has 1 aliphatic heterocycles. The average molecular weight is 354 g/mol. The second-order valence-corrected chi connectivity index (χ2v) is 8.42. The highest BCUT2D eigenvalue weighted by Crippen LogP contribution is 2.20. The van der Waals surface area contributed by atoms with E-state index in [1.807, 2.05) is 18.9 Å². The highest BCUT2D eigenvalue weighted by Gasteiger charge is 2.34. The van der Waals surface area contributed by atoms with Crippen LogP contribution < -0.4 is 4.90 Å². The van der Waals surface area contributed by atoms with Crippen molar-refractivity contribution in [1.82, 2.24) is 14.9 Å². The number of nitrogens with zero attached hydrogens (tertiary/aromatic N) is 4. The van der Waals surface area contributed by atoms with Gasteiger partial charge in [-0.2, -0.15) is 0 Å². The van der Waals surface area contributed by atoms with E-state index < -0.39 is 9.84 Å². The van der Waals surface area contributed by atoms with Crippen molar-refractivity contribution in [3.63, 3.8) is 0 Å². The topological polar surface area (TPSA) is 83.5 Å². The molecule has 1 aromatic rings. The molecular formula is C16H26N4O3S. The zero-order valence-electron chi connectivity index (χ0n) is 14.6. The Hall–Kier alpha value is -1.70. The van der Waals surface area contributed by atoms with Crippen molar-refractivity contribution in [1.29, 1.82) is 0 Å². The number of amides is 1. The second kappa shape index (κ2) is 7.92. The summed E-state index contributed by atoms with van der Waals surface area (Å²) in [5, 5.41) is 0. The molecule has 1 amide bonds. The van der Waals surface area contributed by atoms with Gasteiger partial charge in [0.15, 0.2) is 9.84 Å². The number of hydrogen-bond acceptors (Lipinski definition) is 6. The van der Waals surface area contributed by atoms with Crippen LogP contribution in [0.4, 0.5) is 5.95 Å². The second-order valence-electron chi connectivity index (χ2n) is 6.19. The van der Waals surface area contributed by atoms with Gasteiger partial charge in [-0.25, -0.2) is 18.4 Å². The first-order valence-corrected chi connectivity index (χ1v) is 10.2. The minimum absolute atomic E-state index is 0.0469. The predicted molar refractivity (Wildman–Crippen MR) is 94.0 cm³/mol. The third-order valence-electron chi connectivity index (χ3n) is 4.32. The molecule has 134 valence electrons. The molecule has 0 saturated carbocycles. The Morgan fingerprint density at radius 2 is 1.96 bits per heavy atom. The first-order valence-electron chi connectivity index (χ1n) is 8.42. The average Bonchev–Trinajstić information content (AvgIpc) is 2.93. The summed E-state index contributed by atoms with van der Waals surface area (Å²) >= 11 is 0. The molecular weight excluding hydrogens is 328 g/mol. The molecule has 1 fully saturated rings. The highest BCUT2D eigenvalue weighted by molar-refractivity contribution is 7.91. The quantitative estimate of drug-likeness (QED) is 0.735. The number of hydrogen-bond donors (Lipinski definition) is 0. The molecule has 1 atom stereocenters. The summed E-state index contributed by atoms with van der Waals surface area (Å²) in [7, 11) is -1.10. The molecule has 0 N–H and O–H groups in total. The van der Waals surface area contributed by atoms with Crippen molar-refractivity contribution < 1.29 is 13.2 Å². The standard InChI is InChI=1S/C16H26N4O3S/c1-4-6-8-19(3)16-17-10-13(11-18-16)15(21)20(5-2)14-7-9-24(22,23)12-14/h10-11,14H,4-9,12H2,1-3H3. The Kier molecular flexibility index (Phi) is 6.15. The SMILES string of the molecule is CCCCN(C)c1ncc(C(=O)N(CC)C2CCS(=O)(=O)C2)cn1. The molecule has 0 radical (unpaired) electrons. The van der Waals surface area contributed by atoms with Gasteiger partial charge < -0.3 is 9.80 Å². The fourth-order valence-electron chi connectivity index (χ4n) is 2.88. The number of unbranched alkanes of at least 4 members (excludes halogenated alkanes) is 1. The Balaban J connectivity index is 2.08. The Labute approximate surface area is 144 Å². The maximum absolute atomic E-state index is 12.7. The van der Waals surface area contributed by atoms with Crippen molar-refractivity contribution >= 4 is 21.7 Å². The molecule has 0 bridgehead atoms. The van der Waals surface area contributed by atoms with Crippen LogP contribution in [-0.4, -0.2) is 66.9 Å². The number of sulfone groups is 1. The van der Waals surface area contributed by atoms with Gasteiger partial charge in [-0.3, -0.25) is 4.79 Å². The monoisotopic (exact) mass is 354 g/mol. The van der Waals surface area contributed by atoms with E-state index in [9.17, 15) is 13.2 Å². The van der Waals surface area contributed by atoms with Gasteiger partial charge in [0.2, 0.25) is 5.95 Å². The number of rotatable bonds is 7. The predicted octanol–water partition coefficient (Wildman–Crippen LogP) is 1.36. The van der Waals surface area contributed by atoms with Crippen molar-refractivity contribution in [3.8, 4) is 0 Å². The Bertz CT molecular complexity index is 660. The summed E-state index contributed by atoms with van der Waals surface area (Å²) in [5.74, 6) is 0.582. The molecule has 8 heteroatoms. The van der Waals surface area contributed by atoms with Gasteiger partial charge in [0.25, 0.3) is 5.91 Å². The molecule has 1 aliphatic rings. The number of anilines is 1. The summed E-state index contributed by atoms with van der Waals surface area (Å²) in [6.07, 6.45) is 5.70. The van der Waals surface area contributed by atoms with E-state index in [0.29, 0.717) is 24.5 Å². The van der Waals surface area contributed by atoms with Crippen LogP contribution in [0.25, 0.3) is 0 Å². The van der Waals surface area contributed by atoms with E-state index in [4.69, 9.17) is 0 Å². The minimum atomic E-state index is -3.02. The number of carbonyl (C=O) groups excluding carboxylic acids is 1. The van der Waals surface area contributed by atoms with E-state index in [-0.39, 0.29) is 23.5 Å². The summed E-state index contributed by atoms with van der Waals surface area (Å²) in [5.41, 5.74) is 0.397. The van der Waals surface area contributed by atoms with Gasteiger partial charge in [0, 0.05) is 38.6 Å². The van der Waals surface area contributed by atoms with Gasteiger partial charge in [0.05, 0.1) is 17.1 Å². The summed E-state index contributed by atoms with van der Waals surface area (Å²) in [6.45, 7) is 5.32. The zero-order valence-corrected chi connectivity index (χ0v) is 15.4. The smallest absolute Gasteiger partial charge is 0.257 e. The van der Waals surface area contributed by atoms with Crippen LogP contribution in [0.2, 0.25) is 0 Å². The van der Waals surface area contributed by atoms with Crippen LogP contribution in [0.15, 0.2) is 12.4 Å². The van der Waals surface area contributed by atoms with E-state index in [0.717, 1.165) is 19.4 Å². The summed E-state index contributed by atoms with van der Waals surface area (Å²) < 4.78 is 23.3. The van der Waals surface area contributed by atoms with E-state index in [1.165, 1.54) is 12.4 Å². The van der Waals surface area contributed by atoms with Gasteiger partial charge in [-0.15, -0.1) is 0 Å². The van der Waals surface area contributed by atoms with Crippen LogP contribution in [0.1, 0.15) is 43.5 Å². The maximum atomic E-state index is 12.7. The fraction of sp³-hybridized carbons (Fsp3) is 0.688. The van der Waals surface area contributed by atoms with E-state index in [2.05, 4.69) is 16.9 Å². The van der Waals surface area contributed by atoms with Gasteiger partial charge in [0.1, 0.15) is 0 Å². The van der Waals surface area contributed by atoms with Crippen molar-refractivity contribution in [3.05, 3.63) is 18.0 Å². The fourth-order valence-corrected chi connectivity index (χ4v) is 4.61. The normalized spacial score (nSPS) is 19.2. The Morgan fingerprint density at radius 3 is 2.46 bits per heavy atom. The van der Waals surface area contributed by atoms with Crippen LogP contribution in [0.3, 0.4) is 0 Å². The Morgan fingerprint density at radius 1 is 1.29 bits per heavy atom. The van der Waals surface area contributed by atoms with Gasteiger partial charge >= 0.3 is 0 Å². The largest absolute Gasteiger partial charge is 0.344 e. The lowest BCUT2D eigenvalue weighted by Gasteiger charge is -2.26. The lowest BCUT2D eigenvalue weighted by molar-refractivity contribution is 0.0707. The molecule has 1 unspecified atom stereocenters. The molecule has 0 spiro atoms. The van der Waals surface area contributed by atoms with E-state index in [1.54, 1.807) is 4.90 Å². The molecule has 2 heterocycles. The summed E-state index contributed by atoms with van der Waals surface area (Å²) in [4.78, 5) is 24.8. The number of carbonyl (C=O) groups is 1. The molecule has 0 aromatic carbocycles. The van der Waals surface area contributed by atoms with E-state index >= 15 is 0 Å². The molecule has 2 rings (SSSR count). The van der Waals surface area contributed by atoms with Crippen LogP contribution >= 0.6 is 0 Å². The van der Waals surface area contributed by atoms with Gasteiger partial charge in [-0.05, 0) is 19.8 Å². The summed E-state index contributed by atoms with van der Waals surface area (Å²) in [6, 6.07) is -0.251.